The fourth-order valence-corrected chi connectivity index (χ4v) is 3.15. The Hall–Kier alpha value is -0.870. The van der Waals surface area contributed by atoms with Crippen LogP contribution in [0.15, 0.2) is 22.7 Å². The Balaban J connectivity index is 1.99. The van der Waals surface area contributed by atoms with Gasteiger partial charge in [-0.1, -0.05) is 15.9 Å². The van der Waals surface area contributed by atoms with Crippen LogP contribution >= 0.6 is 15.9 Å². The number of hydrogen-bond acceptors (Lipinski definition) is 2. The maximum absolute atomic E-state index is 4.79. The zero-order valence-electron chi connectivity index (χ0n) is 10.9. The second kappa shape index (κ2) is 4.67. The van der Waals surface area contributed by atoms with Gasteiger partial charge in [0.25, 0.3) is 0 Å². The van der Waals surface area contributed by atoms with Gasteiger partial charge in [-0.25, -0.2) is 0 Å². The van der Waals surface area contributed by atoms with Crippen LogP contribution in [0.1, 0.15) is 24.6 Å². The molecule has 3 rings (SSSR count). The van der Waals surface area contributed by atoms with Crippen molar-refractivity contribution in [3.8, 4) is 0 Å². The molecule has 0 saturated carbocycles. The number of piperidine rings is 1. The lowest BCUT2D eigenvalue weighted by atomic mass is 10.1. The summed E-state index contributed by atoms with van der Waals surface area (Å²) in [5.41, 5.74) is 2.40. The number of fused-ring (bicyclic) bond motifs is 1. The van der Waals surface area contributed by atoms with Crippen molar-refractivity contribution in [2.75, 3.05) is 20.1 Å². The SMILES string of the molecule is Cc1c2ccc(Br)cc2nn1C1CCN(C)CC1. The predicted octanol–water partition coefficient (Wildman–Crippen LogP) is 3.37. The van der Waals surface area contributed by atoms with Crippen LogP contribution in [0.2, 0.25) is 0 Å². The van der Waals surface area contributed by atoms with Crippen LogP contribution < -0.4 is 0 Å². The van der Waals surface area contributed by atoms with E-state index < -0.39 is 0 Å². The van der Waals surface area contributed by atoms with Crippen LogP contribution in [0, 0.1) is 6.92 Å². The zero-order chi connectivity index (χ0) is 12.7. The molecule has 2 heterocycles. The summed E-state index contributed by atoms with van der Waals surface area (Å²) in [7, 11) is 2.19. The van der Waals surface area contributed by atoms with E-state index in [4.69, 9.17) is 5.10 Å². The van der Waals surface area contributed by atoms with E-state index in [0.717, 1.165) is 9.99 Å². The molecule has 1 aliphatic heterocycles. The van der Waals surface area contributed by atoms with Gasteiger partial charge in [-0.2, -0.15) is 5.10 Å². The highest BCUT2D eigenvalue weighted by Crippen LogP contribution is 2.28. The van der Waals surface area contributed by atoms with E-state index in [9.17, 15) is 0 Å². The molecule has 1 aromatic heterocycles. The second-order valence-corrected chi connectivity index (χ2v) is 6.14. The number of aryl methyl sites for hydroxylation is 1. The lowest BCUT2D eigenvalue weighted by molar-refractivity contribution is 0.211. The van der Waals surface area contributed by atoms with Crippen molar-refractivity contribution in [3.63, 3.8) is 0 Å². The zero-order valence-corrected chi connectivity index (χ0v) is 12.4. The first-order valence-corrected chi connectivity index (χ1v) is 7.27. The van der Waals surface area contributed by atoms with Crippen molar-refractivity contribution in [2.45, 2.75) is 25.8 Å². The van der Waals surface area contributed by atoms with Crippen LogP contribution in [-0.4, -0.2) is 34.8 Å². The van der Waals surface area contributed by atoms with Gasteiger partial charge in [0.2, 0.25) is 0 Å². The van der Waals surface area contributed by atoms with Crippen LogP contribution in [0.3, 0.4) is 0 Å². The van der Waals surface area contributed by atoms with Crippen molar-refractivity contribution in [1.82, 2.24) is 14.7 Å². The Kier molecular flexibility index (Phi) is 3.16. The highest BCUT2D eigenvalue weighted by molar-refractivity contribution is 9.10. The minimum atomic E-state index is 0.562. The Bertz CT molecular complexity index is 568. The molecule has 96 valence electrons. The average molecular weight is 308 g/mol. The summed E-state index contributed by atoms with van der Waals surface area (Å²) in [5.74, 6) is 0. The first-order valence-electron chi connectivity index (χ1n) is 6.48. The molecule has 1 aliphatic rings. The smallest absolute Gasteiger partial charge is 0.0937 e. The topological polar surface area (TPSA) is 21.1 Å². The van der Waals surface area contributed by atoms with Gasteiger partial charge in [0.15, 0.2) is 0 Å². The molecule has 0 radical (unpaired) electrons. The fourth-order valence-electron chi connectivity index (χ4n) is 2.80. The van der Waals surface area contributed by atoms with Crippen LogP contribution in [0.5, 0.6) is 0 Å². The van der Waals surface area contributed by atoms with Crippen LogP contribution in [-0.2, 0) is 0 Å². The van der Waals surface area contributed by atoms with Crippen molar-refractivity contribution in [1.29, 1.82) is 0 Å². The molecule has 3 nitrogen and oxygen atoms in total. The summed E-state index contributed by atoms with van der Waals surface area (Å²) >= 11 is 3.51. The third-order valence-corrected chi connectivity index (χ3v) is 4.44. The number of hydrogen-bond donors (Lipinski definition) is 0. The van der Waals surface area contributed by atoms with E-state index in [1.54, 1.807) is 0 Å². The van der Waals surface area contributed by atoms with Crippen molar-refractivity contribution < 1.29 is 0 Å². The van der Waals surface area contributed by atoms with Gasteiger partial charge in [-0.3, -0.25) is 4.68 Å². The summed E-state index contributed by atoms with van der Waals surface area (Å²) in [6.45, 7) is 4.52. The number of rotatable bonds is 1. The third-order valence-electron chi connectivity index (χ3n) is 3.94. The Labute approximate surface area is 116 Å². The highest BCUT2D eigenvalue weighted by atomic mass is 79.9. The molecule has 1 fully saturated rings. The third kappa shape index (κ3) is 2.08. The van der Waals surface area contributed by atoms with Gasteiger partial charge >= 0.3 is 0 Å². The summed E-state index contributed by atoms with van der Waals surface area (Å²) < 4.78 is 3.34. The van der Waals surface area contributed by atoms with Crippen molar-refractivity contribution in [2.24, 2.45) is 0 Å². The molecule has 0 aliphatic carbocycles. The van der Waals surface area contributed by atoms with Gasteiger partial charge in [-0.15, -0.1) is 0 Å². The fraction of sp³-hybridized carbons (Fsp3) is 0.500. The lowest BCUT2D eigenvalue weighted by Crippen LogP contribution is -2.32. The van der Waals surface area contributed by atoms with Gasteiger partial charge in [-0.05, 0) is 58.1 Å². The molecular weight excluding hydrogens is 290 g/mol. The monoisotopic (exact) mass is 307 g/mol. The van der Waals surface area contributed by atoms with Crippen molar-refractivity contribution >= 4 is 26.8 Å². The summed E-state index contributed by atoms with van der Waals surface area (Å²) in [4.78, 5) is 2.39. The molecule has 0 atom stereocenters. The number of likely N-dealkylation sites (tertiary alicyclic amines) is 1. The number of halogens is 1. The molecular formula is C14H18BrN3. The van der Waals surface area contributed by atoms with Crippen LogP contribution in [0.4, 0.5) is 0 Å². The number of benzene rings is 1. The van der Waals surface area contributed by atoms with Gasteiger partial charge in [0.05, 0.1) is 11.6 Å². The van der Waals surface area contributed by atoms with Crippen molar-refractivity contribution in [3.05, 3.63) is 28.4 Å². The Morgan fingerprint density at radius 3 is 2.72 bits per heavy atom. The van der Waals surface area contributed by atoms with Gasteiger partial charge < -0.3 is 4.90 Å². The molecule has 0 amide bonds. The standard InChI is InChI=1S/C14H18BrN3/c1-10-13-4-3-11(15)9-14(13)16-18(10)12-5-7-17(2)8-6-12/h3-4,9,12H,5-8H2,1-2H3. The molecule has 2 aromatic rings. The first kappa shape index (κ1) is 12.2. The maximum Gasteiger partial charge on any atom is 0.0937 e. The number of nitrogens with zero attached hydrogens (tertiary/aromatic N) is 3. The molecule has 18 heavy (non-hydrogen) atoms. The second-order valence-electron chi connectivity index (χ2n) is 5.23. The summed E-state index contributed by atoms with van der Waals surface area (Å²) in [6.07, 6.45) is 2.40. The van der Waals surface area contributed by atoms with Gasteiger partial charge in [0, 0.05) is 15.6 Å². The Morgan fingerprint density at radius 1 is 1.28 bits per heavy atom. The molecule has 4 heteroatoms. The molecule has 0 N–H and O–H groups in total. The molecule has 0 spiro atoms. The van der Waals surface area contributed by atoms with E-state index in [2.05, 4.69) is 57.7 Å². The summed E-state index contributed by atoms with van der Waals surface area (Å²) in [6, 6.07) is 6.92. The Morgan fingerprint density at radius 2 is 2.00 bits per heavy atom. The quantitative estimate of drug-likeness (QED) is 0.805. The number of aromatic nitrogens is 2. The largest absolute Gasteiger partial charge is 0.306 e. The lowest BCUT2D eigenvalue weighted by Gasteiger charge is -2.29. The minimum Gasteiger partial charge on any atom is -0.306 e. The van der Waals surface area contributed by atoms with E-state index in [1.807, 2.05) is 0 Å². The van der Waals surface area contributed by atoms with E-state index in [1.165, 1.54) is 37.0 Å². The maximum atomic E-state index is 4.79. The van der Waals surface area contributed by atoms with E-state index in [-0.39, 0.29) is 0 Å². The normalized spacial score (nSPS) is 18.6. The van der Waals surface area contributed by atoms with Crippen LogP contribution in [0.25, 0.3) is 10.9 Å². The minimum absolute atomic E-state index is 0.562. The molecule has 0 bridgehead atoms. The molecule has 0 unspecified atom stereocenters. The average Bonchev–Trinajstić information content (AvgIpc) is 2.67. The first-order chi connectivity index (χ1) is 8.65. The van der Waals surface area contributed by atoms with E-state index in [0.29, 0.717) is 6.04 Å². The predicted molar refractivity (Wildman–Crippen MR) is 77.9 cm³/mol. The molecule has 1 aromatic carbocycles. The summed E-state index contributed by atoms with van der Waals surface area (Å²) in [5, 5.41) is 6.07. The highest BCUT2D eigenvalue weighted by Gasteiger charge is 2.21. The molecule has 1 saturated heterocycles. The van der Waals surface area contributed by atoms with Gasteiger partial charge in [0.1, 0.15) is 0 Å². The van der Waals surface area contributed by atoms with E-state index >= 15 is 0 Å².